The standard InChI is InChI=1S/C15H12N4O5S/c1-23-13(21)9-10(14(22)24-2)25-15-17-11(18-19-15)7-5-3-4-6-8(7)12(20)16-9/h3-6,10H,1-2H3,(H,17,18,19)/t10-/m1/s1. The first-order chi connectivity index (χ1) is 12.0. The van der Waals surface area contributed by atoms with Gasteiger partial charge in [0, 0.05) is 5.56 Å². The van der Waals surface area contributed by atoms with Crippen LogP contribution in [0.25, 0.3) is 11.4 Å². The number of fused-ring (bicyclic) bond motifs is 4. The number of nitrogens with one attached hydrogen (secondary N) is 1. The second kappa shape index (κ2) is 6.85. The molecule has 0 spiro atoms. The van der Waals surface area contributed by atoms with Gasteiger partial charge in [-0.1, -0.05) is 30.0 Å². The van der Waals surface area contributed by atoms with E-state index in [0.717, 1.165) is 26.0 Å². The van der Waals surface area contributed by atoms with Crippen molar-refractivity contribution in [2.24, 2.45) is 4.99 Å². The molecule has 2 bridgehead atoms. The third-order valence-corrected chi connectivity index (χ3v) is 4.43. The first kappa shape index (κ1) is 16.8. The molecule has 9 nitrogen and oxygen atoms in total. The van der Waals surface area contributed by atoms with Crippen molar-refractivity contribution in [3.63, 3.8) is 0 Å². The Morgan fingerprint density at radius 1 is 1.16 bits per heavy atom. The molecule has 2 aromatic rings. The number of aliphatic imine (C=N–C) groups is 1. The van der Waals surface area contributed by atoms with Crippen LogP contribution in [-0.2, 0) is 19.1 Å². The highest BCUT2D eigenvalue weighted by molar-refractivity contribution is 8.01. The Morgan fingerprint density at radius 2 is 1.88 bits per heavy atom. The predicted octanol–water partition coefficient (Wildman–Crippen LogP) is 0.873. The molecule has 1 atom stereocenters. The summed E-state index contributed by atoms with van der Waals surface area (Å²) in [6, 6.07) is 6.60. The molecule has 1 aromatic heterocycles. The number of ether oxygens (including phenoxy) is 2. The molecule has 1 aromatic carbocycles. The fourth-order valence-corrected chi connectivity index (χ4v) is 3.12. The Morgan fingerprint density at radius 3 is 2.56 bits per heavy atom. The van der Waals surface area contributed by atoms with E-state index in [2.05, 4.69) is 24.9 Å². The van der Waals surface area contributed by atoms with Gasteiger partial charge in [-0.3, -0.25) is 14.7 Å². The normalized spacial score (nSPS) is 16.5. The van der Waals surface area contributed by atoms with E-state index in [1.165, 1.54) is 0 Å². The highest BCUT2D eigenvalue weighted by Crippen LogP contribution is 2.28. The van der Waals surface area contributed by atoms with Crippen molar-refractivity contribution < 1.29 is 23.9 Å². The largest absolute Gasteiger partial charge is 0.468 e. The molecule has 3 rings (SSSR count). The number of rotatable bonds is 2. The summed E-state index contributed by atoms with van der Waals surface area (Å²) >= 11 is 0.833. The Labute approximate surface area is 145 Å². The van der Waals surface area contributed by atoms with Gasteiger partial charge in [-0.25, -0.2) is 14.8 Å². The van der Waals surface area contributed by atoms with Crippen molar-refractivity contribution in [3.8, 4) is 11.4 Å². The summed E-state index contributed by atoms with van der Waals surface area (Å²) < 4.78 is 9.37. The Hall–Kier alpha value is -3.01. The number of aromatic amines is 1. The number of benzene rings is 1. The topological polar surface area (TPSA) is 124 Å². The SMILES string of the molecule is COC(=O)C1=NC(=O)c2ccccc2-c2nc(n[nH]2)S[C@H]1C(=O)OC. The molecule has 0 aliphatic carbocycles. The van der Waals surface area contributed by atoms with Gasteiger partial charge < -0.3 is 9.47 Å². The van der Waals surface area contributed by atoms with Gasteiger partial charge in [0.25, 0.3) is 5.91 Å². The van der Waals surface area contributed by atoms with E-state index in [-0.39, 0.29) is 16.4 Å². The highest BCUT2D eigenvalue weighted by atomic mass is 32.2. The van der Waals surface area contributed by atoms with Gasteiger partial charge in [0.2, 0.25) is 5.16 Å². The quantitative estimate of drug-likeness (QED) is 0.783. The van der Waals surface area contributed by atoms with Crippen molar-refractivity contribution in [2.75, 3.05) is 14.2 Å². The van der Waals surface area contributed by atoms with E-state index < -0.39 is 23.1 Å². The molecule has 1 N–H and O–H groups in total. The maximum atomic E-state index is 12.6. The van der Waals surface area contributed by atoms with Crippen LogP contribution in [0, 0.1) is 0 Å². The van der Waals surface area contributed by atoms with Gasteiger partial charge in [0.05, 0.1) is 19.8 Å². The average Bonchev–Trinajstić information content (AvgIpc) is 3.10. The van der Waals surface area contributed by atoms with E-state index >= 15 is 0 Å². The lowest BCUT2D eigenvalue weighted by Gasteiger charge is -2.14. The molecule has 0 unspecified atom stereocenters. The first-order valence-electron chi connectivity index (χ1n) is 7.02. The molecule has 25 heavy (non-hydrogen) atoms. The lowest BCUT2D eigenvalue weighted by atomic mass is 10.1. The lowest BCUT2D eigenvalue weighted by molar-refractivity contribution is -0.140. The fourth-order valence-electron chi connectivity index (χ4n) is 2.21. The number of carbonyl (C=O) groups is 3. The summed E-state index contributed by atoms with van der Waals surface area (Å²) in [5.74, 6) is -2.04. The number of nitrogens with zero attached hydrogens (tertiary/aromatic N) is 3. The minimum Gasteiger partial charge on any atom is -0.468 e. The van der Waals surface area contributed by atoms with Crippen LogP contribution < -0.4 is 0 Å². The maximum Gasteiger partial charge on any atom is 0.354 e. The zero-order valence-corrected chi connectivity index (χ0v) is 14.0. The smallest absolute Gasteiger partial charge is 0.354 e. The van der Waals surface area contributed by atoms with Crippen molar-refractivity contribution in [2.45, 2.75) is 10.4 Å². The molecule has 10 heteroatoms. The highest BCUT2D eigenvalue weighted by Gasteiger charge is 2.35. The molecule has 128 valence electrons. The molecule has 0 radical (unpaired) electrons. The van der Waals surface area contributed by atoms with E-state index in [4.69, 9.17) is 4.74 Å². The molecule has 1 aliphatic heterocycles. The number of hydrogen-bond donors (Lipinski definition) is 1. The minimum atomic E-state index is -1.24. The summed E-state index contributed by atoms with van der Waals surface area (Å²) in [5.41, 5.74) is 0.311. The summed E-state index contributed by atoms with van der Waals surface area (Å²) in [4.78, 5) is 44.9. The molecule has 0 saturated carbocycles. The summed E-state index contributed by atoms with van der Waals surface area (Å²) in [6.07, 6.45) is 0. The second-order valence-electron chi connectivity index (χ2n) is 4.83. The molecular weight excluding hydrogens is 348 g/mol. The van der Waals surface area contributed by atoms with E-state index in [1.54, 1.807) is 24.3 Å². The molecule has 0 fully saturated rings. The summed E-state index contributed by atoms with van der Waals surface area (Å²) in [5, 5.41) is 5.68. The maximum absolute atomic E-state index is 12.6. The Balaban J connectivity index is 2.23. The average molecular weight is 360 g/mol. The molecular formula is C15H12N4O5S. The fraction of sp³-hybridized carbons (Fsp3) is 0.200. The number of aromatic nitrogens is 3. The third kappa shape index (κ3) is 3.15. The van der Waals surface area contributed by atoms with E-state index in [1.807, 2.05) is 0 Å². The van der Waals surface area contributed by atoms with Crippen molar-refractivity contribution >= 4 is 35.3 Å². The number of methoxy groups -OCH3 is 2. The van der Waals surface area contributed by atoms with E-state index in [9.17, 15) is 14.4 Å². The Bertz CT molecular complexity index is 892. The van der Waals surface area contributed by atoms with Crippen LogP contribution in [0.1, 0.15) is 10.4 Å². The lowest BCUT2D eigenvalue weighted by Crippen LogP contribution is -2.35. The summed E-state index contributed by atoms with van der Waals surface area (Å²) in [6.45, 7) is 0. The molecule has 2 heterocycles. The van der Waals surface area contributed by atoms with Crippen LogP contribution in [0.2, 0.25) is 0 Å². The van der Waals surface area contributed by atoms with Crippen LogP contribution >= 0.6 is 11.8 Å². The number of esters is 2. The zero-order chi connectivity index (χ0) is 18.0. The monoisotopic (exact) mass is 360 g/mol. The number of carbonyl (C=O) groups excluding carboxylic acids is 3. The van der Waals surface area contributed by atoms with Crippen molar-refractivity contribution in [1.29, 1.82) is 0 Å². The molecule has 1 aliphatic rings. The van der Waals surface area contributed by atoms with Gasteiger partial charge in [0.15, 0.2) is 16.8 Å². The van der Waals surface area contributed by atoms with Gasteiger partial charge in [-0.2, -0.15) is 0 Å². The number of H-pyrrole nitrogens is 1. The molecule has 0 saturated heterocycles. The molecule has 1 amide bonds. The van der Waals surface area contributed by atoms with Crippen LogP contribution in [0.5, 0.6) is 0 Å². The van der Waals surface area contributed by atoms with Crippen LogP contribution in [0.4, 0.5) is 0 Å². The Kier molecular flexibility index (Phi) is 4.61. The van der Waals surface area contributed by atoms with Gasteiger partial charge in [0.1, 0.15) is 0 Å². The number of hydrogen-bond acceptors (Lipinski definition) is 8. The van der Waals surface area contributed by atoms with Gasteiger partial charge in [-0.15, -0.1) is 5.10 Å². The van der Waals surface area contributed by atoms with Crippen molar-refractivity contribution in [1.82, 2.24) is 15.2 Å². The first-order valence-corrected chi connectivity index (χ1v) is 7.90. The zero-order valence-electron chi connectivity index (χ0n) is 13.2. The van der Waals surface area contributed by atoms with Gasteiger partial charge >= 0.3 is 11.9 Å². The second-order valence-corrected chi connectivity index (χ2v) is 5.90. The van der Waals surface area contributed by atoms with Crippen LogP contribution in [0.3, 0.4) is 0 Å². The van der Waals surface area contributed by atoms with Crippen LogP contribution in [0.15, 0.2) is 34.4 Å². The van der Waals surface area contributed by atoms with Gasteiger partial charge in [-0.05, 0) is 6.07 Å². The number of thioether (sulfide) groups is 1. The van der Waals surface area contributed by atoms with E-state index in [0.29, 0.717) is 11.4 Å². The van der Waals surface area contributed by atoms with Crippen molar-refractivity contribution in [3.05, 3.63) is 29.8 Å². The predicted molar refractivity (Wildman–Crippen MR) is 87.3 cm³/mol. The summed E-state index contributed by atoms with van der Waals surface area (Å²) in [7, 11) is 2.29. The third-order valence-electron chi connectivity index (χ3n) is 3.38. The minimum absolute atomic E-state index is 0.200. The number of amides is 1. The van der Waals surface area contributed by atoms with Crippen LogP contribution in [-0.4, -0.2) is 58.2 Å².